The second-order valence-electron chi connectivity index (χ2n) is 5.07. The number of nitriles is 1. The minimum atomic E-state index is -0.0224. The van der Waals surface area contributed by atoms with Crippen molar-refractivity contribution in [2.24, 2.45) is 0 Å². The molecule has 0 unspecified atom stereocenters. The van der Waals surface area contributed by atoms with Crippen LogP contribution in [0.3, 0.4) is 0 Å². The Bertz CT molecular complexity index is 534. The van der Waals surface area contributed by atoms with Gasteiger partial charge in [-0.2, -0.15) is 5.26 Å². The van der Waals surface area contributed by atoms with Crippen LogP contribution in [-0.2, 0) is 4.79 Å². The number of hydrogen-bond acceptors (Lipinski definition) is 5. The molecule has 6 nitrogen and oxygen atoms in total. The van der Waals surface area contributed by atoms with E-state index in [0.29, 0.717) is 31.0 Å². The van der Waals surface area contributed by atoms with Crippen LogP contribution in [-0.4, -0.2) is 62.1 Å². The van der Waals surface area contributed by atoms with Crippen molar-refractivity contribution in [1.29, 1.82) is 5.26 Å². The Kier molecular flexibility index (Phi) is 6.04. The zero-order valence-corrected chi connectivity index (χ0v) is 12.8. The number of benzene rings is 1. The summed E-state index contributed by atoms with van der Waals surface area (Å²) < 4.78 is 10.8. The molecule has 0 saturated carbocycles. The highest BCUT2D eigenvalue weighted by Crippen LogP contribution is 2.25. The summed E-state index contributed by atoms with van der Waals surface area (Å²) in [6, 6.07) is 9.43. The first-order chi connectivity index (χ1) is 10.7. The highest BCUT2D eigenvalue weighted by Gasteiger charge is 2.21. The summed E-state index contributed by atoms with van der Waals surface area (Å²) in [7, 11) is 1.57. The molecule has 6 heteroatoms. The van der Waals surface area contributed by atoms with Crippen LogP contribution in [0.1, 0.15) is 6.42 Å². The van der Waals surface area contributed by atoms with Crippen LogP contribution >= 0.6 is 0 Å². The Labute approximate surface area is 130 Å². The van der Waals surface area contributed by atoms with Gasteiger partial charge in [0, 0.05) is 39.1 Å². The van der Waals surface area contributed by atoms with Crippen LogP contribution in [0.15, 0.2) is 24.3 Å². The number of methoxy groups -OCH3 is 1. The molecule has 118 valence electrons. The van der Waals surface area contributed by atoms with E-state index in [1.54, 1.807) is 24.1 Å². The number of ether oxygens (including phenoxy) is 2. The molecule has 0 aromatic heterocycles. The van der Waals surface area contributed by atoms with Crippen LogP contribution in [0.5, 0.6) is 11.5 Å². The predicted molar refractivity (Wildman–Crippen MR) is 81.7 cm³/mol. The zero-order chi connectivity index (χ0) is 15.8. The van der Waals surface area contributed by atoms with Crippen LogP contribution in [0.4, 0.5) is 0 Å². The molecule has 22 heavy (non-hydrogen) atoms. The molecule has 1 aliphatic rings. The summed E-state index contributed by atoms with van der Waals surface area (Å²) in [5, 5.41) is 8.59. The SMILES string of the molecule is COc1ccccc1OCC(=O)N1CCN(CCC#N)CC1. The van der Waals surface area contributed by atoms with E-state index < -0.39 is 0 Å². The van der Waals surface area contributed by atoms with E-state index in [1.165, 1.54) is 0 Å². The zero-order valence-electron chi connectivity index (χ0n) is 12.8. The van der Waals surface area contributed by atoms with Crippen molar-refractivity contribution in [2.45, 2.75) is 6.42 Å². The monoisotopic (exact) mass is 303 g/mol. The normalized spacial score (nSPS) is 15.2. The number of carbonyl (C=O) groups is 1. The molecule has 0 radical (unpaired) electrons. The van der Waals surface area contributed by atoms with Crippen molar-refractivity contribution in [3.05, 3.63) is 24.3 Å². The fourth-order valence-electron chi connectivity index (χ4n) is 2.40. The lowest BCUT2D eigenvalue weighted by Crippen LogP contribution is -2.50. The van der Waals surface area contributed by atoms with Gasteiger partial charge in [-0.05, 0) is 12.1 Å². The van der Waals surface area contributed by atoms with Gasteiger partial charge in [0.2, 0.25) is 0 Å². The molecule has 1 aliphatic heterocycles. The maximum Gasteiger partial charge on any atom is 0.260 e. The van der Waals surface area contributed by atoms with Gasteiger partial charge in [0.05, 0.1) is 13.2 Å². The maximum atomic E-state index is 12.2. The van der Waals surface area contributed by atoms with E-state index in [-0.39, 0.29) is 12.5 Å². The number of rotatable bonds is 6. The first-order valence-corrected chi connectivity index (χ1v) is 7.37. The average molecular weight is 303 g/mol. The molecule has 1 saturated heterocycles. The number of piperazine rings is 1. The molecule has 0 N–H and O–H groups in total. The topological polar surface area (TPSA) is 65.8 Å². The molecule has 1 fully saturated rings. The molecule has 0 spiro atoms. The Balaban J connectivity index is 1.78. The fraction of sp³-hybridized carbons (Fsp3) is 0.500. The van der Waals surface area contributed by atoms with Gasteiger partial charge < -0.3 is 14.4 Å². The van der Waals surface area contributed by atoms with E-state index in [9.17, 15) is 4.79 Å². The van der Waals surface area contributed by atoms with Gasteiger partial charge in [0.25, 0.3) is 5.91 Å². The Morgan fingerprint density at radius 3 is 2.55 bits per heavy atom. The van der Waals surface area contributed by atoms with E-state index in [4.69, 9.17) is 14.7 Å². The van der Waals surface area contributed by atoms with Gasteiger partial charge in [-0.3, -0.25) is 9.69 Å². The van der Waals surface area contributed by atoms with Crippen molar-refractivity contribution < 1.29 is 14.3 Å². The second-order valence-corrected chi connectivity index (χ2v) is 5.07. The summed E-state index contributed by atoms with van der Waals surface area (Å²) in [5.41, 5.74) is 0. The van der Waals surface area contributed by atoms with Crippen LogP contribution in [0.2, 0.25) is 0 Å². The minimum absolute atomic E-state index is 0.0125. The largest absolute Gasteiger partial charge is 0.493 e. The van der Waals surface area contributed by atoms with E-state index >= 15 is 0 Å². The summed E-state index contributed by atoms with van der Waals surface area (Å²) >= 11 is 0. The van der Waals surface area contributed by atoms with Gasteiger partial charge in [0.15, 0.2) is 18.1 Å². The molecular formula is C16H21N3O3. The third-order valence-corrected chi connectivity index (χ3v) is 3.69. The van der Waals surface area contributed by atoms with Crippen LogP contribution in [0, 0.1) is 11.3 Å². The highest BCUT2D eigenvalue weighted by molar-refractivity contribution is 5.78. The summed E-state index contributed by atoms with van der Waals surface area (Å²) in [6.45, 7) is 3.76. The lowest BCUT2D eigenvalue weighted by Gasteiger charge is -2.34. The Hall–Kier alpha value is -2.26. The van der Waals surface area contributed by atoms with Crippen LogP contribution < -0.4 is 9.47 Å². The number of carbonyl (C=O) groups excluding carboxylic acids is 1. The summed E-state index contributed by atoms with van der Waals surface area (Å²) in [5.74, 6) is 1.17. The summed E-state index contributed by atoms with van der Waals surface area (Å²) in [4.78, 5) is 16.2. The number of para-hydroxylation sites is 2. The van der Waals surface area contributed by atoms with Gasteiger partial charge in [-0.15, -0.1) is 0 Å². The Morgan fingerprint density at radius 2 is 1.91 bits per heavy atom. The predicted octanol–water partition coefficient (Wildman–Crippen LogP) is 1.13. The quantitative estimate of drug-likeness (QED) is 0.788. The van der Waals surface area contributed by atoms with Crippen molar-refractivity contribution in [3.63, 3.8) is 0 Å². The molecule has 1 amide bonds. The molecule has 2 rings (SSSR count). The van der Waals surface area contributed by atoms with E-state index in [2.05, 4.69) is 11.0 Å². The third kappa shape index (κ3) is 4.37. The number of amides is 1. The third-order valence-electron chi connectivity index (χ3n) is 3.69. The van der Waals surface area contributed by atoms with E-state index in [1.807, 2.05) is 12.1 Å². The molecule has 0 aliphatic carbocycles. The lowest BCUT2D eigenvalue weighted by molar-refractivity contribution is -0.135. The van der Waals surface area contributed by atoms with Gasteiger partial charge in [-0.1, -0.05) is 12.1 Å². The maximum absolute atomic E-state index is 12.2. The van der Waals surface area contributed by atoms with Crippen molar-refractivity contribution in [1.82, 2.24) is 9.80 Å². The average Bonchev–Trinajstić information content (AvgIpc) is 2.58. The lowest BCUT2D eigenvalue weighted by atomic mass is 10.3. The first kappa shape index (κ1) is 16.1. The molecular weight excluding hydrogens is 282 g/mol. The smallest absolute Gasteiger partial charge is 0.260 e. The summed E-state index contributed by atoms with van der Waals surface area (Å²) in [6.07, 6.45) is 0.533. The van der Waals surface area contributed by atoms with Crippen molar-refractivity contribution in [2.75, 3.05) is 46.4 Å². The molecule has 1 aromatic carbocycles. The fourth-order valence-corrected chi connectivity index (χ4v) is 2.40. The van der Waals surface area contributed by atoms with Gasteiger partial charge in [0.1, 0.15) is 0 Å². The van der Waals surface area contributed by atoms with E-state index in [0.717, 1.165) is 19.6 Å². The minimum Gasteiger partial charge on any atom is -0.493 e. The van der Waals surface area contributed by atoms with Gasteiger partial charge >= 0.3 is 0 Å². The van der Waals surface area contributed by atoms with Crippen LogP contribution in [0.25, 0.3) is 0 Å². The molecule has 1 heterocycles. The molecule has 0 bridgehead atoms. The van der Waals surface area contributed by atoms with Crippen molar-refractivity contribution >= 4 is 5.91 Å². The highest BCUT2D eigenvalue weighted by atomic mass is 16.5. The van der Waals surface area contributed by atoms with Gasteiger partial charge in [-0.25, -0.2) is 0 Å². The van der Waals surface area contributed by atoms with Crippen molar-refractivity contribution in [3.8, 4) is 17.6 Å². The molecule has 1 aromatic rings. The Morgan fingerprint density at radius 1 is 1.23 bits per heavy atom. The number of nitrogens with zero attached hydrogens (tertiary/aromatic N) is 3. The standard InChI is InChI=1S/C16H21N3O3/c1-21-14-5-2-3-6-15(14)22-13-16(20)19-11-9-18(10-12-19)8-4-7-17/h2-3,5-6H,4,8-13H2,1H3. The molecule has 0 atom stereocenters. The number of hydrogen-bond donors (Lipinski definition) is 0. The second kappa shape index (κ2) is 8.25. The first-order valence-electron chi connectivity index (χ1n) is 7.37.